The Morgan fingerprint density at radius 1 is 1.05 bits per heavy atom. The van der Waals surface area contributed by atoms with Gasteiger partial charge < -0.3 is 14.5 Å². The Balaban J connectivity index is 1.88. The Bertz CT molecular complexity index is 708. The summed E-state index contributed by atoms with van der Waals surface area (Å²) in [5.74, 6) is 0.724. The molecular formula is C17H16N2O2. The van der Waals surface area contributed by atoms with Crippen LogP contribution in [0.5, 0.6) is 11.8 Å². The molecule has 0 unspecified atom stereocenters. The maximum Gasteiger partial charge on any atom is 0.399 e. The molecule has 0 amide bonds. The fourth-order valence-corrected chi connectivity index (χ4v) is 2.10. The van der Waals surface area contributed by atoms with Crippen LogP contribution in [0.15, 0.2) is 65.3 Å². The van der Waals surface area contributed by atoms with Gasteiger partial charge in [0.1, 0.15) is 12.0 Å². The molecule has 1 aromatic heterocycles. The molecule has 0 spiro atoms. The van der Waals surface area contributed by atoms with Gasteiger partial charge in [0.25, 0.3) is 0 Å². The number of aromatic nitrogens is 1. The smallest absolute Gasteiger partial charge is 0.399 e. The van der Waals surface area contributed by atoms with E-state index in [4.69, 9.17) is 9.15 Å². The topological polar surface area (TPSA) is 47.3 Å². The number of hydrogen-bond donors (Lipinski definition) is 1. The van der Waals surface area contributed by atoms with Crippen LogP contribution in [0, 0.1) is 0 Å². The summed E-state index contributed by atoms with van der Waals surface area (Å²) in [6.45, 7) is 0.646. The van der Waals surface area contributed by atoms with E-state index in [0.717, 1.165) is 22.6 Å². The molecular weight excluding hydrogens is 264 g/mol. The van der Waals surface area contributed by atoms with Gasteiger partial charge in [-0.05, 0) is 18.7 Å². The Labute approximate surface area is 123 Å². The highest BCUT2D eigenvalue weighted by Gasteiger charge is 2.10. The third-order valence-electron chi connectivity index (χ3n) is 3.06. The third-order valence-corrected chi connectivity index (χ3v) is 3.06. The maximum atomic E-state index is 5.79. The van der Waals surface area contributed by atoms with E-state index in [0.29, 0.717) is 6.54 Å². The first kappa shape index (κ1) is 13.4. The second kappa shape index (κ2) is 6.24. The molecule has 2 aromatic carbocycles. The quantitative estimate of drug-likeness (QED) is 0.771. The normalized spacial score (nSPS) is 10.5. The van der Waals surface area contributed by atoms with Crippen molar-refractivity contribution in [3.05, 3.63) is 66.6 Å². The molecule has 1 heterocycles. The summed E-state index contributed by atoms with van der Waals surface area (Å²) in [7, 11) is 1.86. The fraction of sp³-hybridized carbons (Fsp3) is 0.118. The number of nitrogens with zero attached hydrogens (tertiary/aromatic N) is 1. The molecule has 0 aliphatic heterocycles. The predicted molar refractivity (Wildman–Crippen MR) is 81.2 cm³/mol. The van der Waals surface area contributed by atoms with E-state index in [1.807, 2.05) is 61.6 Å². The van der Waals surface area contributed by atoms with Crippen molar-refractivity contribution in [3.8, 4) is 23.0 Å². The molecule has 0 fully saturated rings. The lowest BCUT2D eigenvalue weighted by molar-refractivity contribution is 0.331. The van der Waals surface area contributed by atoms with Gasteiger partial charge in [0.15, 0.2) is 0 Å². The number of oxazole rings is 1. The molecule has 4 heteroatoms. The minimum atomic E-state index is 0.253. The van der Waals surface area contributed by atoms with E-state index in [-0.39, 0.29) is 6.08 Å². The van der Waals surface area contributed by atoms with Gasteiger partial charge in [-0.3, -0.25) is 0 Å². The van der Waals surface area contributed by atoms with E-state index in [1.165, 1.54) is 0 Å². The molecule has 0 atom stereocenters. The van der Waals surface area contributed by atoms with Crippen LogP contribution in [0.1, 0.15) is 5.69 Å². The molecule has 0 bridgehead atoms. The van der Waals surface area contributed by atoms with Crippen LogP contribution in [0.25, 0.3) is 11.1 Å². The van der Waals surface area contributed by atoms with Crippen molar-refractivity contribution in [2.24, 2.45) is 0 Å². The van der Waals surface area contributed by atoms with Gasteiger partial charge in [0.05, 0.1) is 5.69 Å². The molecule has 0 saturated carbocycles. The van der Waals surface area contributed by atoms with E-state index >= 15 is 0 Å². The van der Waals surface area contributed by atoms with Gasteiger partial charge in [-0.1, -0.05) is 48.5 Å². The molecule has 0 aliphatic rings. The molecule has 4 nitrogen and oxygen atoms in total. The standard InChI is InChI=1S/C17H16N2O2/c1-18-11-14-12-20-17(19-14)21-16-10-6-5-9-15(16)13-7-3-2-4-8-13/h2-10,12,18H,11H2,1H3. The van der Waals surface area contributed by atoms with Gasteiger partial charge in [-0.2, -0.15) is 4.98 Å². The molecule has 1 N–H and O–H groups in total. The summed E-state index contributed by atoms with van der Waals surface area (Å²) in [5, 5.41) is 3.02. The van der Waals surface area contributed by atoms with Gasteiger partial charge in [0, 0.05) is 12.1 Å². The first-order valence-electron chi connectivity index (χ1n) is 6.78. The Kier molecular flexibility index (Phi) is 3.98. The summed E-state index contributed by atoms with van der Waals surface area (Å²) in [4.78, 5) is 4.28. The predicted octanol–water partition coefficient (Wildman–Crippen LogP) is 3.85. The molecule has 0 radical (unpaired) electrons. The number of nitrogens with one attached hydrogen (secondary N) is 1. The molecule has 3 rings (SSSR count). The van der Waals surface area contributed by atoms with Gasteiger partial charge in [-0.15, -0.1) is 0 Å². The summed E-state index contributed by atoms with van der Waals surface area (Å²) < 4.78 is 11.1. The summed E-state index contributed by atoms with van der Waals surface area (Å²) in [6, 6.07) is 17.9. The van der Waals surface area contributed by atoms with E-state index in [2.05, 4.69) is 10.3 Å². The minimum Gasteiger partial charge on any atom is -0.417 e. The van der Waals surface area contributed by atoms with E-state index in [1.54, 1.807) is 6.26 Å². The van der Waals surface area contributed by atoms with Crippen molar-refractivity contribution in [2.45, 2.75) is 6.54 Å². The fourth-order valence-electron chi connectivity index (χ4n) is 2.10. The average Bonchev–Trinajstić information content (AvgIpc) is 2.96. The second-order valence-electron chi connectivity index (χ2n) is 4.60. The van der Waals surface area contributed by atoms with Crippen molar-refractivity contribution >= 4 is 0 Å². The van der Waals surface area contributed by atoms with Gasteiger partial charge in [0.2, 0.25) is 0 Å². The van der Waals surface area contributed by atoms with Gasteiger partial charge in [-0.25, -0.2) is 0 Å². The molecule has 0 aliphatic carbocycles. The van der Waals surface area contributed by atoms with Crippen molar-refractivity contribution < 1.29 is 9.15 Å². The monoisotopic (exact) mass is 280 g/mol. The largest absolute Gasteiger partial charge is 0.417 e. The summed E-state index contributed by atoms with van der Waals surface area (Å²) in [6.07, 6.45) is 1.85. The molecule has 0 saturated heterocycles. The highest BCUT2D eigenvalue weighted by molar-refractivity contribution is 5.70. The van der Waals surface area contributed by atoms with Crippen LogP contribution in [0.2, 0.25) is 0 Å². The lowest BCUT2D eigenvalue weighted by Gasteiger charge is -2.08. The number of rotatable bonds is 5. The van der Waals surface area contributed by atoms with Crippen LogP contribution in [0.4, 0.5) is 0 Å². The first-order chi connectivity index (χ1) is 10.4. The first-order valence-corrected chi connectivity index (χ1v) is 6.78. The average molecular weight is 280 g/mol. The lowest BCUT2D eigenvalue weighted by Crippen LogP contribution is -2.04. The summed E-state index contributed by atoms with van der Waals surface area (Å²) >= 11 is 0. The number of hydrogen-bond acceptors (Lipinski definition) is 4. The van der Waals surface area contributed by atoms with E-state index in [9.17, 15) is 0 Å². The molecule has 3 aromatic rings. The second-order valence-corrected chi connectivity index (χ2v) is 4.60. The van der Waals surface area contributed by atoms with Crippen LogP contribution >= 0.6 is 0 Å². The van der Waals surface area contributed by atoms with Crippen molar-refractivity contribution in [3.63, 3.8) is 0 Å². The molecule has 106 valence electrons. The minimum absolute atomic E-state index is 0.253. The lowest BCUT2D eigenvalue weighted by atomic mass is 10.1. The van der Waals surface area contributed by atoms with E-state index < -0.39 is 0 Å². The zero-order chi connectivity index (χ0) is 14.5. The number of para-hydroxylation sites is 1. The number of ether oxygens (including phenoxy) is 1. The van der Waals surface area contributed by atoms with Crippen LogP contribution in [-0.4, -0.2) is 12.0 Å². The zero-order valence-corrected chi connectivity index (χ0v) is 11.7. The molecule has 21 heavy (non-hydrogen) atoms. The highest BCUT2D eigenvalue weighted by Crippen LogP contribution is 2.32. The maximum absolute atomic E-state index is 5.79. The van der Waals surface area contributed by atoms with Crippen LogP contribution in [0.3, 0.4) is 0 Å². The Morgan fingerprint density at radius 2 is 1.81 bits per heavy atom. The van der Waals surface area contributed by atoms with Gasteiger partial charge >= 0.3 is 6.08 Å². The summed E-state index contributed by atoms with van der Waals surface area (Å²) in [5.41, 5.74) is 2.91. The SMILES string of the molecule is CNCc1coc(Oc2ccccc2-c2ccccc2)n1. The Hall–Kier alpha value is -2.59. The Morgan fingerprint density at radius 3 is 2.62 bits per heavy atom. The third kappa shape index (κ3) is 3.12. The number of benzene rings is 2. The van der Waals surface area contributed by atoms with Crippen molar-refractivity contribution in [1.29, 1.82) is 0 Å². The highest BCUT2D eigenvalue weighted by atomic mass is 16.6. The zero-order valence-electron chi connectivity index (χ0n) is 11.7. The van der Waals surface area contributed by atoms with Crippen molar-refractivity contribution in [2.75, 3.05) is 7.05 Å². The van der Waals surface area contributed by atoms with Crippen molar-refractivity contribution in [1.82, 2.24) is 10.3 Å². The van der Waals surface area contributed by atoms with Crippen LogP contribution in [-0.2, 0) is 6.54 Å². The van der Waals surface area contributed by atoms with Crippen LogP contribution < -0.4 is 10.1 Å².